The zero-order valence-electron chi connectivity index (χ0n) is 11.2. The Labute approximate surface area is 120 Å². The van der Waals surface area contributed by atoms with Crippen LogP contribution in [0.25, 0.3) is 0 Å². The summed E-state index contributed by atoms with van der Waals surface area (Å²) in [5.74, 6) is 1.57. The monoisotopic (exact) mass is 274 g/mol. The number of hydrogen-bond donors (Lipinski definition) is 0. The molecule has 0 atom stereocenters. The minimum Gasteiger partial charge on any atom is -0.493 e. The molecule has 2 aromatic rings. The summed E-state index contributed by atoms with van der Waals surface area (Å²) >= 11 is 5.77. The summed E-state index contributed by atoms with van der Waals surface area (Å²) in [6.07, 6.45) is 1.92. The van der Waals surface area contributed by atoms with E-state index in [0.29, 0.717) is 12.5 Å². The van der Waals surface area contributed by atoms with Crippen LogP contribution in [0.3, 0.4) is 0 Å². The van der Waals surface area contributed by atoms with Gasteiger partial charge in [-0.2, -0.15) is 0 Å². The Morgan fingerprint density at radius 3 is 2.32 bits per heavy atom. The summed E-state index contributed by atoms with van der Waals surface area (Å²) < 4.78 is 5.86. The lowest BCUT2D eigenvalue weighted by molar-refractivity contribution is 0.319. The largest absolute Gasteiger partial charge is 0.493 e. The molecule has 0 aromatic heterocycles. The third kappa shape index (κ3) is 4.00. The normalized spacial score (nSPS) is 10.4. The molecule has 0 radical (unpaired) electrons. The van der Waals surface area contributed by atoms with Crippen molar-refractivity contribution in [3.05, 3.63) is 65.2 Å². The maximum atomic E-state index is 5.86. The van der Waals surface area contributed by atoms with E-state index in [0.717, 1.165) is 24.2 Å². The molecular formula is C17H19ClO. The van der Waals surface area contributed by atoms with Gasteiger partial charge in [0, 0.05) is 12.3 Å². The predicted molar refractivity (Wildman–Crippen MR) is 81.0 cm³/mol. The number of para-hydroxylation sites is 1. The minimum atomic E-state index is 0.570. The summed E-state index contributed by atoms with van der Waals surface area (Å²) in [7, 11) is 0. The van der Waals surface area contributed by atoms with E-state index < -0.39 is 0 Å². The van der Waals surface area contributed by atoms with Crippen LogP contribution in [0.15, 0.2) is 48.5 Å². The van der Waals surface area contributed by atoms with E-state index in [-0.39, 0.29) is 0 Å². The van der Waals surface area contributed by atoms with E-state index in [1.54, 1.807) is 0 Å². The third-order valence-corrected chi connectivity index (χ3v) is 3.49. The maximum Gasteiger partial charge on any atom is 0.122 e. The number of alkyl halides is 1. The summed E-state index contributed by atoms with van der Waals surface area (Å²) in [5, 5.41) is 0. The van der Waals surface area contributed by atoms with E-state index in [2.05, 4.69) is 43.3 Å². The molecule has 19 heavy (non-hydrogen) atoms. The van der Waals surface area contributed by atoms with Gasteiger partial charge in [-0.25, -0.2) is 0 Å². The molecule has 0 aliphatic carbocycles. The van der Waals surface area contributed by atoms with E-state index in [4.69, 9.17) is 16.3 Å². The summed E-state index contributed by atoms with van der Waals surface area (Å²) in [4.78, 5) is 0. The number of halogens is 1. The fourth-order valence-electron chi connectivity index (χ4n) is 2.01. The molecule has 0 amide bonds. The van der Waals surface area contributed by atoms with Crippen LogP contribution in [0.1, 0.15) is 23.6 Å². The van der Waals surface area contributed by atoms with Gasteiger partial charge in [-0.05, 0) is 29.2 Å². The molecule has 100 valence electrons. The molecule has 0 spiro atoms. The average molecular weight is 275 g/mol. The highest BCUT2D eigenvalue weighted by Crippen LogP contribution is 2.18. The van der Waals surface area contributed by atoms with Crippen molar-refractivity contribution in [2.45, 2.75) is 25.6 Å². The Balaban J connectivity index is 1.88. The highest BCUT2D eigenvalue weighted by Gasteiger charge is 2.01. The number of ether oxygens (including phenoxy) is 1. The quantitative estimate of drug-likeness (QED) is 0.699. The fraction of sp³-hybridized carbons (Fsp3) is 0.294. The van der Waals surface area contributed by atoms with Crippen LogP contribution in [0.5, 0.6) is 5.75 Å². The first-order valence-electron chi connectivity index (χ1n) is 6.68. The molecule has 0 saturated heterocycles. The Morgan fingerprint density at radius 2 is 1.63 bits per heavy atom. The Bertz CT molecular complexity index is 505. The van der Waals surface area contributed by atoms with Crippen molar-refractivity contribution in [3.63, 3.8) is 0 Å². The topological polar surface area (TPSA) is 9.23 Å². The SMILES string of the molecule is CCc1ccccc1OCCc1ccc(CCl)cc1. The first-order chi connectivity index (χ1) is 9.33. The van der Waals surface area contributed by atoms with E-state index in [9.17, 15) is 0 Å². The second kappa shape index (κ2) is 7.20. The maximum absolute atomic E-state index is 5.86. The molecule has 0 fully saturated rings. The second-order valence-electron chi connectivity index (χ2n) is 4.51. The molecule has 0 unspecified atom stereocenters. The molecule has 1 nitrogen and oxygen atoms in total. The van der Waals surface area contributed by atoms with Gasteiger partial charge in [-0.15, -0.1) is 11.6 Å². The second-order valence-corrected chi connectivity index (χ2v) is 4.78. The van der Waals surface area contributed by atoms with Crippen LogP contribution >= 0.6 is 11.6 Å². The summed E-state index contributed by atoms with van der Waals surface area (Å²) in [6.45, 7) is 2.85. The first kappa shape index (κ1) is 14.0. The van der Waals surface area contributed by atoms with Gasteiger partial charge in [0.05, 0.1) is 6.61 Å². The van der Waals surface area contributed by atoms with Gasteiger partial charge in [-0.1, -0.05) is 49.4 Å². The Kier molecular flexibility index (Phi) is 5.29. The molecule has 0 saturated carbocycles. The number of rotatable bonds is 6. The van der Waals surface area contributed by atoms with Crippen LogP contribution in [0.4, 0.5) is 0 Å². The summed E-state index contributed by atoms with van der Waals surface area (Å²) in [6, 6.07) is 16.6. The minimum absolute atomic E-state index is 0.570. The first-order valence-corrected chi connectivity index (χ1v) is 7.21. The third-order valence-electron chi connectivity index (χ3n) is 3.18. The van der Waals surface area contributed by atoms with Gasteiger partial charge >= 0.3 is 0 Å². The van der Waals surface area contributed by atoms with Crippen LogP contribution in [0, 0.1) is 0 Å². The van der Waals surface area contributed by atoms with Gasteiger partial charge in [0.15, 0.2) is 0 Å². The lowest BCUT2D eigenvalue weighted by atomic mass is 10.1. The highest BCUT2D eigenvalue weighted by molar-refractivity contribution is 6.17. The predicted octanol–water partition coefficient (Wildman–Crippen LogP) is 4.61. The van der Waals surface area contributed by atoms with E-state index in [1.807, 2.05) is 12.1 Å². The molecule has 0 N–H and O–H groups in total. The van der Waals surface area contributed by atoms with Crippen LogP contribution in [-0.2, 0) is 18.7 Å². The molecule has 0 aliphatic rings. The smallest absolute Gasteiger partial charge is 0.122 e. The van der Waals surface area contributed by atoms with Crippen molar-refractivity contribution >= 4 is 11.6 Å². The lowest BCUT2D eigenvalue weighted by Crippen LogP contribution is -2.03. The molecule has 0 bridgehead atoms. The van der Waals surface area contributed by atoms with Gasteiger partial charge in [-0.3, -0.25) is 0 Å². The lowest BCUT2D eigenvalue weighted by Gasteiger charge is -2.10. The van der Waals surface area contributed by atoms with Crippen LogP contribution in [-0.4, -0.2) is 6.61 Å². The average Bonchev–Trinajstić information content (AvgIpc) is 2.48. The van der Waals surface area contributed by atoms with Crippen molar-refractivity contribution < 1.29 is 4.74 Å². The van der Waals surface area contributed by atoms with Crippen molar-refractivity contribution in [1.29, 1.82) is 0 Å². The number of aryl methyl sites for hydroxylation is 1. The van der Waals surface area contributed by atoms with Crippen molar-refractivity contribution in [3.8, 4) is 5.75 Å². The van der Waals surface area contributed by atoms with Crippen molar-refractivity contribution in [2.24, 2.45) is 0 Å². The van der Waals surface area contributed by atoms with E-state index in [1.165, 1.54) is 11.1 Å². The van der Waals surface area contributed by atoms with Gasteiger partial charge < -0.3 is 4.74 Å². The standard InChI is InChI=1S/C17H19ClO/c1-2-16-5-3-4-6-17(16)19-12-11-14-7-9-15(13-18)10-8-14/h3-10H,2,11-13H2,1H3. The van der Waals surface area contributed by atoms with Crippen LogP contribution in [0.2, 0.25) is 0 Å². The number of hydrogen-bond acceptors (Lipinski definition) is 1. The zero-order valence-corrected chi connectivity index (χ0v) is 12.0. The van der Waals surface area contributed by atoms with Crippen molar-refractivity contribution in [1.82, 2.24) is 0 Å². The molecular weight excluding hydrogens is 256 g/mol. The van der Waals surface area contributed by atoms with Gasteiger partial charge in [0.2, 0.25) is 0 Å². The summed E-state index contributed by atoms with van der Waals surface area (Å²) in [5.41, 5.74) is 3.70. The van der Waals surface area contributed by atoms with Crippen molar-refractivity contribution in [2.75, 3.05) is 6.61 Å². The van der Waals surface area contributed by atoms with Crippen LogP contribution < -0.4 is 4.74 Å². The van der Waals surface area contributed by atoms with Gasteiger partial charge in [0.1, 0.15) is 5.75 Å². The molecule has 2 rings (SSSR count). The molecule has 2 heteroatoms. The highest BCUT2D eigenvalue weighted by atomic mass is 35.5. The molecule has 0 heterocycles. The molecule has 2 aromatic carbocycles. The number of benzene rings is 2. The Morgan fingerprint density at radius 1 is 0.947 bits per heavy atom. The Hall–Kier alpha value is -1.47. The van der Waals surface area contributed by atoms with E-state index >= 15 is 0 Å². The molecule has 0 aliphatic heterocycles. The zero-order chi connectivity index (χ0) is 13.5. The van der Waals surface area contributed by atoms with Gasteiger partial charge in [0.25, 0.3) is 0 Å². The fourth-order valence-corrected chi connectivity index (χ4v) is 2.19.